The van der Waals surface area contributed by atoms with Crippen LogP contribution < -0.4 is 0 Å². The molecule has 0 amide bonds. The van der Waals surface area contributed by atoms with Crippen molar-refractivity contribution in [1.29, 1.82) is 0 Å². The van der Waals surface area contributed by atoms with Crippen LogP contribution in [0.3, 0.4) is 0 Å². The molecule has 0 bridgehead atoms. The van der Waals surface area contributed by atoms with Crippen LogP contribution in [-0.4, -0.2) is 0 Å². The first-order valence-corrected chi connectivity index (χ1v) is 7.39. The molecule has 0 radical (unpaired) electrons. The summed E-state index contributed by atoms with van der Waals surface area (Å²) >= 11 is 0. The Morgan fingerprint density at radius 1 is 1.06 bits per heavy atom. The lowest BCUT2D eigenvalue weighted by atomic mass is 9.59. The molecule has 0 aromatic heterocycles. The molecule has 1 rings (SSSR count). The fourth-order valence-corrected chi connectivity index (χ4v) is 3.77. The molecule has 0 spiro atoms. The van der Waals surface area contributed by atoms with Crippen LogP contribution in [0, 0.1) is 35.0 Å². The van der Waals surface area contributed by atoms with E-state index in [9.17, 15) is 0 Å². The molecule has 1 aliphatic carbocycles. The minimum Gasteiger partial charge on any atom is -0.0651 e. The smallest absolute Gasteiger partial charge is 0.0246 e. The van der Waals surface area contributed by atoms with Crippen molar-refractivity contribution in [2.75, 3.05) is 0 Å². The van der Waals surface area contributed by atoms with Gasteiger partial charge in [0.1, 0.15) is 0 Å². The highest BCUT2D eigenvalue weighted by molar-refractivity contribution is 4.97. The molecular formula is C16H32. The first kappa shape index (κ1) is 14.1. The minimum absolute atomic E-state index is 0.541. The lowest BCUT2D eigenvalue weighted by molar-refractivity contribution is 0.0258. The predicted molar refractivity (Wildman–Crippen MR) is 73.5 cm³/mol. The lowest BCUT2D eigenvalue weighted by Crippen LogP contribution is -2.39. The van der Waals surface area contributed by atoms with Gasteiger partial charge in [0, 0.05) is 0 Å². The molecule has 96 valence electrons. The van der Waals surface area contributed by atoms with Crippen LogP contribution in [0.4, 0.5) is 0 Å². The Labute approximate surface area is 103 Å². The van der Waals surface area contributed by atoms with Crippen molar-refractivity contribution >= 4 is 0 Å². The monoisotopic (exact) mass is 224 g/mol. The number of hydrogen-bond acceptors (Lipinski definition) is 0. The van der Waals surface area contributed by atoms with Gasteiger partial charge in [-0.05, 0) is 41.4 Å². The van der Waals surface area contributed by atoms with Gasteiger partial charge in [0.2, 0.25) is 0 Å². The number of rotatable bonds is 6. The van der Waals surface area contributed by atoms with E-state index in [0.29, 0.717) is 5.41 Å². The van der Waals surface area contributed by atoms with Gasteiger partial charge in [-0.2, -0.15) is 0 Å². The molecular weight excluding hydrogens is 192 g/mol. The normalized spacial score (nSPS) is 33.9. The largest absolute Gasteiger partial charge is 0.0651 e. The zero-order valence-corrected chi connectivity index (χ0v) is 12.5. The molecule has 5 atom stereocenters. The highest BCUT2D eigenvalue weighted by Gasteiger charge is 2.49. The summed E-state index contributed by atoms with van der Waals surface area (Å²) in [6.07, 6.45) is 4.13. The zero-order chi connectivity index (χ0) is 12.5. The molecule has 1 saturated carbocycles. The molecule has 1 aliphatic rings. The van der Waals surface area contributed by atoms with Crippen LogP contribution in [0.25, 0.3) is 0 Å². The van der Waals surface area contributed by atoms with Gasteiger partial charge in [-0.1, -0.05) is 61.3 Å². The van der Waals surface area contributed by atoms with E-state index in [1.54, 1.807) is 0 Å². The fraction of sp³-hybridized carbons (Fsp3) is 1.00. The highest BCUT2D eigenvalue weighted by Crippen LogP contribution is 2.56. The Morgan fingerprint density at radius 3 is 1.69 bits per heavy atom. The van der Waals surface area contributed by atoms with Crippen LogP contribution in [0.2, 0.25) is 0 Å². The van der Waals surface area contributed by atoms with E-state index in [4.69, 9.17) is 0 Å². The van der Waals surface area contributed by atoms with E-state index in [1.165, 1.54) is 19.3 Å². The summed E-state index contributed by atoms with van der Waals surface area (Å²) in [6, 6.07) is 0. The van der Waals surface area contributed by atoms with Gasteiger partial charge < -0.3 is 0 Å². The predicted octanol–water partition coefficient (Wildman–Crippen LogP) is 5.38. The van der Waals surface area contributed by atoms with Gasteiger partial charge in [0.25, 0.3) is 0 Å². The SMILES string of the molecule is CCC(C)C(C)(C(C)CC)C(C)C1CC1C. The van der Waals surface area contributed by atoms with E-state index in [2.05, 4.69) is 48.5 Å². The average Bonchev–Trinajstić information content (AvgIpc) is 3.01. The third-order valence-corrected chi connectivity index (χ3v) is 6.14. The van der Waals surface area contributed by atoms with Crippen LogP contribution in [0.1, 0.15) is 67.7 Å². The molecule has 1 fully saturated rings. The van der Waals surface area contributed by atoms with Gasteiger partial charge in [-0.3, -0.25) is 0 Å². The van der Waals surface area contributed by atoms with E-state index in [1.807, 2.05) is 0 Å². The molecule has 0 nitrogen and oxygen atoms in total. The molecule has 0 aliphatic heterocycles. The van der Waals surface area contributed by atoms with Gasteiger partial charge >= 0.3 is 0 Å². The molecule has 0 aromatic carbocycles. The minimum atomic E-state index is 0.541. The summed E-state index contributed by atoms with van der Waals surface area (Å²) in [7, 11) is 0. The van der Waals surface area contributed by atoms with E-state index < -0.39 is 0 Å². The fourth-order valence-electron chi connectivity index (χ4n) is 3.77. The molecule has 0 aromatic rings. The quantitative estimate of drug-likeness (QED) is 0.568. The maximum Gasteiger partial charge on any atom is -0.0246 e. The second-order valence-electron chi connectivity index (χ2n) is 6.65. The maximum absolute atomic E-state index is 2.56. The van der Waals surface area contributed by atoms with Crippen LogP contribution in [0.15, 0.2) is 0 Å². The molecule has 5 unspecified atom stereocenters. The summed E-state index contributed by atoms with van der Waals surface area (Å²) in [6.45, 7) is 17.2. The van der Waals surface area contributed by atoms with Crippen molar-refractivity contribution in [1.82, 2.24) is 0 Å². The van der Waals surface area contributed by atoms with Crippen LogP contribution >= 0.6 is 0 Å². The Bertz CT molecular complexity index is 208. The Morgan fingerprint density at radius 2 is 1.44 bits per heavy atom. The second kappa shape index (κ2) is 5.10. The van der Waals surface area contributed by atoms with Crippen molar-refractivity contribution in [3.63, 3.8) is 0 Å². The summed E-state index contributed by atoms with van der Waals surface area (Å²) in [5.74, 6) is 4.60. The van der Waals surface area contributed by atoms with Gasteiger partial charge in [0.05, 0.1) is 0 Å². The molecule has 16 heavy (non-hydrogen) atoms. The molecule has 0 heterocycles. The highest BCUT2D eigenvalue weighted by atomic mass is 14.5. The third kappa shape index (κ3) is 2.31. The first-order chi connectivity index (χ1) is 7.39. The standard InChI is InChI=1S/C16H32/c1-8-12(4)16(7,13(5)9-2)14(6)15-10-11(15)3/h11-15H,8-10H2,1-7H3. The van der Waals surface area contributed by atoms with Gasteiger partial charge in [-0.15, -0.1) is 0 Å². The summed E-state index contributed by atoms with van der Waals surface area (Å²) in [5.41, 5.74) is 0.541. The lowest BCUT2D eigenvalue weighted by Gasteiger charge is -2.46. The van der Waals surface area contributed by atoms with Crippen molar-refractivity contribution in [3.8, 4) is 0 Å². The summed E-state index contributed by atoms with van der Waals surface area (Å²) in [5, 5.41) is 0. The van der Waals surface area contributed by atoms with Crippen LogP contribution in [0.5, 0.6) is 0 Å². The summed E-state index contributed by atoms with van der Waals surface area (Å²) < 4.78 is 0. The second-order valence-corrected chi connectivity index (χ2v) is 6.65. The van der Waals surface area contributed by atoms with Gasteiger partial charge in [0.15, 0.2) is 0 Å². The van der Waals surface area contributed by atoms with E-state index in [0.717, 1.165) is 29.6 Å². The molecule has 0 N–H and O–H groups in total. The van der Waals surface area contributed by atoms with Crippen molar-refractivity contribution in [3.05, 3.63) is 0 Å². The van der Waals surface area contributed by atoms with Crippen molar-refractivity contribution in [2.24, 2.45) is 35.0 Å². The third-order valence-electron chi connectivity index (χ3n) is 6.14. The topological polar surface area (TPSA) is 0 Å². The van der Waals surface area contributed by atoms with Gasteiger partial charge in [-0.25, -0.2) is 0 Å². The van der Waals surface area contributed by atoms with E-state index in [-0.39, 0.29) is 0 Å². The molecule has 0 saturated heterocycles. The van der Waals surface area contributed by atoms with Crippen molar-refractivity contribution in [2.45, 2.75) is 67.7 Å². The van der Waals surface area contributed by atoms with Crippen LogP contribution in [-0.2, 0) is 0 Å². The Balaban J connectivity index is 2.85. The Kier molecular flexibility index (Phi) is 4.49. The van der Waals surface area contributed by atoms with Crippen molar-refractivity contribution < 1.29 is 0 Å². The van der Waals surface area contributed by atoms with E-state index >= 15 is 0 Å². The Hall–Kier alpha value is 0. The molecule has 0 heteroatoms. The average molecular weight is 224 g/mol. The summed E-state index contributed by atoms with van der Waals surface area (Å²) in [4.78, 5) is 0. The maximum atomic E-state index is 2.56. The number of hydrogen-bond donors (Lipinski definition) is 0. The first-order valence-electron chi connectivity index (χ1n) is 7.39. The zero-order valence-electron chi connectivity index (χ0n) is 12.5.